The van der Waals surface area contributed by atoms with E-state index in [0.717, 1.165) is 0 Å². The van der Waals surface area contributed by atoms with Crippen LogP contribution in [0.5, 0.6) is 11.6 Å². The maximum Gasteiger partial charge on any atom is 0.237 e. The van der Waals surface area contributed by atoms with E-state index in [1.807, 2.05) is 6.07 Å². The maximum absolute atomic E-state index is 12.3. The van der Waals surface area contributed by atoms with Crippen LogP contribution in [0.1, 0.15) is 11.1 Å². The van der Waals surface area contributed by atoms with Gasteiger partial charge in [0.1, 0.15) is 29.0 Å². The average molecular weight is 354 g/mol. The molecule has 3 aromatic rings. The first-order valence-electron chi connectivity index (χ1n) is 6.78. The molecule has 0 aliphatic rings. The third-order valence-electron chi connectivity index (χ3n) is 2.67. The van der Waals surface area contributed by atoms with Gasteiger partial charge in [0.05, 0.1) is 11.2 Å². The molecule has 0 bridgehead atoms. The van der Waals surface area contributed by atoms with Crippen LogP contribution in [0.3, 0.4) is 0 Å². The second kappa shape index (κ2) is 8.92. The topological polar surface area (TPSA) is 95.5 Å². The molecule has 0 amide bonds. The summed E-state index contributed by atoms with van der Waals surface area (Å²) in [6.07, 6.45) is 5.85. The highest BCUT2D eigenvalue weighted by Crippen LogP contribution is 2.23. The quantitative estimate of drug-likeness (QED) is 0.648. The van der Waals surface area contributed by atoms with Crippen molar-refractivity contribution in [2.75, 3.05) is 0 Å². The minimum absolute atomic E-state index is 0.0162. The normalized spacial score (nSPS) is 9.12. The van der Waals surface area contributed by atoms with Gasteiger partial charge >= 0.3 is 0 Å². The molecule has 0 fully saturated rings. The second-order valence-corrected chi connectivity index (χ2v) is 4.80. The van der Waals surface area contributed by atoms with Crippen molar-refractivity contribution in [1.82, 2.24) is 15.0 Å². The number of hydrogen-bond acceptors (Lipinski definition) is 6. The third kappa shape index (κ3) is 5.24. The summed E-state index contributed by atoms with van der Waals surface area (Å²) < 4.78 is 17.7. The number of ether oxygens (including phenoxy) is 1. The minimum Gasteiger partial charge on any atom is -0.436 e. The Morgan fingerprint density at radius 1 is 1.00 bits per heavy atom. The predicted octanol–water partition coefficient (Wildman–Crippen LogP) is 3.89. The third-order valence-corrected chi connectivity index (χ3v) is 2.87. The van der Waals surface area contributed by atoms with E-state index in [9.17, 15) is 4.39 Å². The van der Waals surface area contributed by atoms with Crippen molar-refractivity contribution in [1.29, 1.82) is 10.5 Å². The van der Waals surface area contributed by atoms with Crippen molar-refractivity contribution in [2.24, 2.45) is 0 Å². The van der Waals surface area contributed by atoms with Crippen molar-refractivity contribution < 1.29 is 9.13 Å². The van der Waals surface area contributed by atoms with Crippen LogP contribution in [0.25, 0.3) is 0 Å². The lowest BCUT2D eigenvalue weighted by Crippen LogP contribution is -1.91. The van der Waals surface area contributed by atoms with E-state index in [1.54, 1.807) is 30.5 Å². The van der Waals surface area contributed by atoms with Crippen molar-refractivity contribution in [3.8, 4) is 23.8 Å². The molecule has 6 nitrogen and oxygen atoms in total. The van der Waals surface area contributed by atoms with E-state index in [0.29, 0.717) is 16.3 Å². The van der Waals surface area contributed by atoms with Gasteiger partial charge in [0.25, 0.3) is 0 Å². The molecule has 0 radical (unpaired) electrons. The summed E-state index contributed by atoms with van der Waals surface area (Å²) in [6.45, 7) is 0. The summed E-state index contributed by atoms with van der Waals surface area (Å²) >= 11 is 5.76. The molecule has 8 heteroatoms. The Morgan fingerprint density at radius 3 is 2.28 bits per heavy atom. The molecule has 25 heavy (non-hydrogen) atoms. The van der Waals surface area contributed by atoms with Gasteiger partial charge < -0.3 is 4.74 Å². The molecule has 0 N–H and O–H groups in total. The molecule has 0 aliphatic heterocycles. The molecule has 0 saturated carbocycles. The molecular weight excluding hydrogens is 345 g/mol. The van der Waals surface area contributed by atoms with Gasteiger partial charge in [0.15, 0.2) is 0 Å². The summed E-state index contributed by atoms with van der Waals surface area (Å²) in [5.74, 6) is -0.0169. The molecular formula is C17H9ClFN5O. The second-order valence-electron chi connectivity index (χ2n) is 4.36. The van der Waals surface area contributed by atoms with Crippen LogP contribution in [0.2, 0.25) is 5.02 Å². The zero-order valence-corrected chi connectivity index (χ0v) is 13.4. The molecule has 3 aromatic heterocycles. The van der Waals surface area contributed by atoms with E-state index in [2.05, 4.69) is 15.0 Å². The van der Waals surface area contributed by atoms with Crippen molar-refractivity contribution >= 4 is 11.6 Å². The highest BCUT2D eigenvalue weighted by atomic mass is 35.5. The largest absolute Gasteiger partial charge is 0.436 e. The SMILES string of the molecule is N#Cc1cccnc1F.N#Cc1cccnc1Oc1cncc(Cl)c1. The van der Waals surface area contributed by atoms with Crippen molar-refractivity contribution in [3.05, 3.63) is 77.2 Å². The molecule has 122 valence electrons. The zero-order chi connectivity index (χ0) is 18.1. The fourth-order valence-corrected chi connectivity index (χ4v) is 1.75. The Balaban J connectivity index is 0.000000212. The maximum atomic E-state index is 12.3. The van der Waals surface area contributed by atoms with Crippen LogP contribution in [0, 0.1) is 28.6 Å². The van der Waals surface area contributed by atoms with Gasteiger partial charge in [-0.05, 0) is 24.3 Å². The van der Waals surface area contributed by atoms with Gasteiger partial charge in [0, 0.05) is 24.7 Å². The molecule has 0 saturated heterocycles. The summed E-state index contributed by atoms with van der Waals surface area (Å²) in [7, 11) is 0. The Labute approximate surface area is 147 Å². The van der Waals surface area contributed by atoms with Gasteiger partial charge in [0.2, 0.25) is 11.8 Å². The summed E-state index contributed by atoms with van der Waals surface area (Å²) in [4.78, 5) is 11.1. The smallest absolute Gasteiger partial charge is 0.237 e. The van der Waals surface area contributed by atoms with E-state index in [1.165, 1.54) is 30.7 Å². The van der Waals surface area contributed by atoms with Crippen molar-refractivity contribution in [3.63, 3.8) is 0 Å². The van der Waals surface area contributed by atoms with Crippen molar-refractivity contribution in [2.45, 2.75) is 0 Å². The van der Waals surface area contributed by atoms with Gasteiger partial charge in [-0.3, -0.25) is 4.98 Å². The highest BCUT2D eigenvalue weighted by molar-refractivity contribution is 6.30. The first-order valence-corrected chi connectivity index (χ1v) is 7.16. The number of halogens is 2. The summed E-state index contributed by atoms with van der Waals surface area (Å²) in [6, 6.07) is 11.4. The lowest BCUT2D eigenvalue weighted by Gasteiger charge is -2.04. The Kier molecular flexibility index (Phi) is 6.35. The molecule has 0 unspecified atom stereocenters. The lowest BCUT2D eigenvalue weighted by atomic mass is 10.3. The molecule has 3 rings (SSSR count). The van der Waals surface area contributed by atoms with Gasteiger partial charge in [-0.15, -0.1) is 0 Å². The first kappa shape index (κ1) is 17.8. The molecule has 3 heterocycles. The molecule has 0 spiro atoms. The molecule has 0 aromatic carbocycles. The van der Waals surface area contributed by atoms with E-state index in [4.69, 9.17) is 26.9 Å². The fraction of sp³-hybridized carbons (Fsp3) is 0. The zero-order valence-electron chi connectivity index (χ0n) is 12.6. The Bertz CT molecular complexity index is 952. The van der Waals surface area contributed by atoms with Crippen LogP contribution in [-0.4, -0.2) is 15.0 Å². The van der Waals surface area contributed by atoms with Gasteiger partial charge in [-0.2, -0.15) is 14.9 Å². The number of pyridine rings is 3. The number of aromatic nitrogens is 3. The van der Waals surface area contributed by atoms with Crippen LogP contribution >= 0.6 is 11.6 Å². The number of hydrogen-bond donors (Lipinski definition) is 0. The van der Waals surface area contributed by atoms with Crippen LogP contribution in [0.15, 0.2) is 55.1 Å². The number of nitrogens with zero attached hydrogens (tertiary/aromatic N) is 5. The van der Waals surface area contributed by atoms with Crippen LogP contribution in [-0.2, 0) is 0 Å². The Hall–Kier alpha value is -3.55. The van der Waals surface area contributed by atoms with Gasteiger partial charge in [-0.1, -0.05) is 11.6 Å². The minimum atomic E-state index is -0.708. The monoisotopic (exact) mass is 353 g/mol. The van der Waals surface area contributed by atoms with Crippen LogP contribution in [0.4, 0.5) is 4.39 Å². The van der Waals surface area contributed by atoms with E-state index < -0.39 is 5.95 Å². The first-order chi connectivity index (χ1) is 12.1. The van der Waals surface area contributed by atoms with Crippen LogP contribution < -0.4 is 4.74 Å². The fourth-order valence-electron chi connectivity index (χ4n) is 1.59. The molecule has 0 aliphatic carbocycles. The summed E-state index contributed by atoms with van der Waals surface area (Å²) in [5, 5.41) is 17.5. The van der Waals surface area contributed by atoms with Gasteiger partial charge in [-0.25, -0.2) is 9.97 Å². The average Bonchev–Trinajstić information content (AvgIpc) is 2.63. The van der Waals surface area contributed by atoms with E-state index in [-0.39, 0.29) is 11.4 Å². The predicted molar refractivity (Wildman–Crippen MR) is 87.2 cm³/mol. The molecule has 0 atom stereocenters. The highest BCUT2D eigenvalue weighted by Gasteiger charge is 2.05. The number of rotatable bonds is 2. The standard InChI is InChI=1S/C11H6ClN3O.C6H3FN2/c12-9-4-10(7-14-6-9)16-11-8(5-13)2-1-3-15-11;7-6-5(4-8)2-1-3-9-6/h1-4,6-7H;1-3H. The summed E-state index contributed by atoms with van der Waals surface area (Å²) in [5.41, 5.74) is 0.347. The Morgan fingerprint density at radius 2 is 1.68 bits per heavy atom. The number of nitriles is 2. The lowest BCUT2D eigenvalue weighted by molar-refractivity contribution is 0.459. The van der Waals surface area contributed by atoms with E-state index >= 15 is 0 Å².